The van der Waals surface area contributed by atoms with Gasteiger partial charge in [-0.1, -0.05) is 32.1 Å². The normalized spacial score (nSPS) is 46.2. The van der Waals surface area contributed by atoms with Crippen molar-refractivity contribution in [1.82, 2.24) is 0 Å². The maximum absolute atomic E-state index is 13.5. The molecule has 4 rings (SSSR count). The molecule has 0 aromatic rings. The zero-order chi connectivity index (χ0) is 24.7. The standard InChI is InChI=1S/C26H34O7/c1-13-11-17-24(6)10-9-19(28)33-23(4,5)16(24)12-18(32-15(3)27)26(17,8)20-22(30)31-14(2)21(29)25(13,20)7/h9-10,14,16-18,20H,1,11-12H2,2-8H3. The van der Waals surface area contributed by atoms with E-state index in [9.17, 15) is 19.2 Å². The summed E-state index contributed by atoms with van der Waals surface area (Å²) in [5.41, 5.74) is -2.80. The lowest BCUT2D eigenvalue weighted by atomic mass is 9.37. The Morgan fingerprint density at radius 3 is 2.36 bits per heavy atom. The van der Waals surface area contributed by atoms with E-state index >= 15 is 0 Å². The molecule has 0 spiro atoms. The Labute approximate surface area is 194 Å². The first-order valence-electron chi connectivity index (χ1n) is 11.6. The molecular weight excluding hydrogens is 424 g/mol. The van der Waals surface area contributed by atoms with Crippen molar-refractivity contribution in [2.75, 3.05) is 0 Å². The van der Waals surface area contributed by atoms with E-state index in [1.165, 1.54) is 13.0 Å². The fourth-order valence-electron chi connectivity index (χ4n) is 7.75. The van der Waals surface area contributed by atoms with Gasteiger partial charge in [-0.3, -0.25) is 14.4 Å². The largest absolute Gasteiger partial charge is 0.462 e. The minimum Gasteiger partial charge on any atom is -0.462 e. The molecule has 2 saturated carbocycles. The zero-order valence-electron chi connectivity index (χ0n) is 20.5. The minimum absolute atomic E-state index is 0.180. The number of allylic oxidation sites excluding steroid dienone is 2. The summed E-state index contributed by atoms with van der Waals surface area (Å²) in [7, 11) is 0. The zero-order valence-corrected chi connectivity index (χ0v) is 20.5. The Balaban J connectivity index is 1.98. The van der Waals surface area contributed by atoms with Crippen LogP contribution in [-0.4, -0.2) is 41.5 Å². The number of carbonyl (C=O) groups excluding carboxylic acids is 4. The van der Waals surface area contributed by atoms with Crippen molar-refractivity contribution >= 4 is 23.7 Å². The third-order valence-electron chi connectivity index (χ3n) is 9.28. The van der Waals surface area contributed by atoms with Crippen LogP contribution in [0.25, 0.3) is 0 Å². The third-order valence-corrected chi connectivity index (χ3v) is 9.28. The van der Waals surface area contributed by atoms with Crippen molar-refractivity contribution in [2.24, 2.45) is 34.0 Å². The summed E-state index contributed by atoms with van der Waals surface area (Å²) in [6.45, 7) is 16.7. The first kappa shape index (κ1) is 23.7. The molecule has 7 heteroatoms. The van der Waals surface area contributed by atoms with Crippen molar-refractivity contribution < 1.29 is 33.4 Å². The number of hydrogen-bond donors (Lipinski definition) is 0. The smallest absolute Gasteiger partial charge is 0.330 e. The van der Waals surface area contributed by atoms with Gasteiger partial charge in [-0.15, -0.1) is 0 Å². The summed E-state index contributed by atoms with van der Waals surface area (Å²) < 4.78 is 17.2. The number of rotatable bonds is 1. The maximum atomic E-state index is 13.5. The summed E-state index contributed by atoms with van der Waals surface area (Å²) in [6, 6.07) is 0. The van der Waals surface area contributed by atoms with Gasteiger partial charge in [0, 0.05) is 24.3 Å². The molecule has 0 N–H and O–H groups in total. The lowest BCUT2D eigenvalue weighted by Gasteiger charge is -2.67. The van der Waals surface area contributed by atoms with Crippen LogP contribution in [0.3, 0.4) is 0 Å². The van der Waals surface area contributed by atoms with E-state index in [0.717, 1.165) is 0 Å². The number of esters is 3. The molecule has 0 radical (unpaired) electrons. The van der Waals surface area contributed by atoms with Crippen LogP contribution in [0.4, 0.5) is 0 Å². The number of fused-ring (bicyclic) bond motifs is 5. The van der Waals surface area contributed by atoms with Gasteiger partial charge in [0.1, 0.15) is 11.7 Å². The van der Waals surface area contributed by atoms with Crippen LogP contribution < -0.4 is 0 Å². The van der Waals surface area contributed by atoms with E-state index in [-0.39, 0.29) is 17.6 Å². The summed E-state index contributed by atoms with van der Waals surface area (Å²) in [4.78, 5) is 51.6. The molecule has 8 atom stereocenters. The molecule has 3 fully saturated rings. The fraction of sp³-hybridized carbons (Fsp3) is 0.692. The Morgan fingerprint density at radius 1 is 1.12 bits per heavy atom. The van der Waals surface area contributed by atoms with E-state index in [0.29, 0.717) is 18.4 Å². The number of cyclic esters (lactones) is 2. The molecule has 2 aliphatic heterocycles. The van der Waals surface area contributed by atoms with Gasteiger partial charge in [-0.25, -0.2) is 4.79 Å². The molecule has 180 valence electrons. The highest BCUT2D eigenvalue weighted by atomic mass is 16.6. The van der Waals surface area contributed by atoms with Gasteiger partial charge in [0.2, 0.25) is 0 Å². The van der Waals surface area contributed by atoms with Crippen LogP contribution in [0.5, 0.6) is 0 Å². The van der Waals surface area contributed by atoms with Gasteiger partial charge >= 0.3 is 17.9 Å². The van der Waals surface area contributed by atoms with Gasteiger partial charge in [0.05, 0.1) is 11.3 Å². The Kier molecular flexibility index (Phi) is 5.05. The molecule has 0 aromatic heterocycles. The van der Waals surface area contributed by atoms with Gasteiger partial charge in [0.15, 0.2) is 11.9 Å². The second-order valence-corrected chi connectivity index (χ2v) is 11.4. The summed E-state index contributed by atoms with van der Waals surface area (Å²) >= 11 is 0. The van der Waals surface area contributed by atoms with Crippen LogP contribution in [0, 0.1) is 34.0 Å². The van der Waals surface area contributed by atoms with Crippen LogP contribution in [0.1, 0.15) is 61.3 Å². The quantitative estimate of drug-likeness (QED) is 0.337. The number of hydrogen-bond acceptors (Lipinski definition) is 7. The van der Waals surface area contributed by atoms with E-state index < -0.39 is 57.9 Å². The molecule has 2 aliphatic carbocycles. The fourth-order valence-corrected chi connectivity index (χ4v) is 7.75. The highest BCUT2D eigenvalue weighted by molar-refractivity contribution is 6.00. The lowest BCUT2D eigenvalue weighted by Crippen LogP contribution is -2.71. The predicted molar refractivity (Wildman–Crippen MR) is 119 cm³/mol. The van der Waals surface area contributed by atoms with E-state index in [2.05, 4.69) is 13.5 Å². The molecule has 8 unspecified atom stereocenters. The highest BCUT2D eigenvalue weighted by Gasteiger charge is 2.73. The van der Waals surface area contributed by atoms with E-state index in [1.807, 2.05) is 26.8 Å². The first-order valence-corrected chi connectivity index (χ1v) is 11.6. The Hall–Kier alpha value is -2.44. The van der Waals surface area contributed by atoms with Gasteiger partial charge in [-0.05, 0) is 51.9 Å². The Bertz CT molecular complexity index is 993. The maximum Gasteiger partial charge on any atom is 0.330 e. The predicted octanol–water partition coefficient (Wildman–Crippen LogP) is 3.56. The van der Waals surface area contributed by atoms with Crippen molar-refractivity contribution in [3.8, 4) is 0 Å². The average Bonchev–Trinajstić information content (AvgIpc) is 2.76. The summed E-state index contributed by atoms with van der Waals surface area (Å²) in [5, 5.41) is 0. The van der Waals surface area contributed by atoms with Crippen LogP contribution >= 0.6 is 0 Å². The highest BCUT2D eigenvalue weighted by Crippen LogP contribution is 2.70. The van der Waals surface area contributed by atoms with Crippen molar-refractivity contribution in [1.29, 1.82) is 0 Å². The molecule has 33 heavy (non-hydrogen) atoms. The molecule has 7 nitrogen and oxygen atoms in total. The third kappa shape index (κ3) is 3.00. The summed E-state index contributed by atoms with van der Waals surface area (Å²) in [5.74, 6) is -2.85. The van der Waals surface area contributed by atoms with Gasteiger partial charge < -0.3 is 14.2 Å². The molecule has 2 heterocycles. The van der Waals surface area contributed by atoms with Crippen LogP contribution in [0.2, 0.25) is 0 Å². The van der Waals surface area contributed by atoms with Gasteiger partial charge in [0.25, 0.3) is 0 Å². The minimum atomic E-state index is -1.13. The SMILES string of the molecule is C=C1CC2C3(C)C=CC(=O)OC(C)(C)C3CC(OC(C)=O)C2(C)C2C(=O)OC(C)C(=O)C12C. The number of Topliss-reactive ketones (excluding diaryl/α,β-unsaturated/α-hetero) is 1. The molecular formula is C26H34O7. The summed E-state index contributed by atoms with van der Waals surface area (Å²) in [6.07, 6.45) is 2.64. The van der Waals surface area contributed by atoms with E-state index in [4.69, 9.17) is 14.2 Å². The molecule has 4 aliphatic rings. The lowest BCUT2D eigenvalue weighted by molar-refractivity contribution is -0.237. The van der Waals surface area contributed by atoms with Crippen LogP contribution in [-0.2, 0) is 33.4 Å². The number of ketones is 1. The monoisotopic (exact) mass is 458 g/mol. The molecule has 0 aromatic carbocycles. The topological polar surface area (TPSA) is 96.0 Å². The average molecular weight is 459 g/mol. The van der Waals surface area contributed by atoms with E-state index in [1.54, 1.807) is 13.8 Å². The van der Waals surface area contributed by atoms with Crippen molar-refractivity contribution in [2.45, 2.75) is 79.1 Å². The number of ether oxygens (including phenoxy) is 3. The molecule has 0 amide bonds. The van der Waals surface area contributed by atoms with Crippen molar-refractivity contribution in [3.05, 3.63) is 24.3 Å². The number of carbonyl (C=O) groups is 4. The molecule has 1 saturated heterocycles. The van der Waals surface area contributed by atoms with Crippen molar-refractivity contribution in [3.63, 3.8) is 0 Å². The second kappa shape index (κ2) is 7.03. The second-order valence-electron chi connectivity index (χ2n) is 11.4. The van der Waals surface area contributed by atoms with Crippen LogP contribution in [0.15, 0.2) is 24.3 Å². The van der Waals surface area contributed by atoms with Gasteiger partial charge in [-0.2, -0.15) is 0 Å². The first-order chi connectivity index (χ1) is 15.1. The molecule has 0 bridgehead atoms. The Morgan fingerprint density at radius 2 is 1.76 bits per heavy atom.